The van der Waals surface area contributed by atoms with Gasteiger partial charge in [0.15, 0.2) is 0 Å². The summed E-state index contributed by atoms with van der Waals surface area (Å²) in [5.41, 5.74) is 2.78. The Labute approximate surface area is 159 Å². The van der Waals surface area contributed by atoms with Gasteiger partial charge in [-0.1, -0.05) is 56.7 Å². The minimum absolute atomic E-state index is 0.954. The highest BCUT2D eigenvalue weighted by molar-refractivity contribution is 5.83. The van der Waals surface area contributed by atoms with E-state index in [1.54, 1.807) is 0 Å². The van der Waals surface area contributed by atoms with Crippen LogP contribution in [0.25, 0.3) is 10.9 Å². The summed E-state index contributed by atoms with van der Waals surface area (Å²) in [5.74, 6) is 1.91. The molecule has 0 atom stereocenters. The summed E-state index contributed by atoms with van der Waals surface area (Å²) >= 11 is 0. The number of fused-ring (bicyclic) bond motifs is 1. The minimum atomic E-state index is 0.954. The van der Waals surface area contributed by atoms with E-state index in [0.29, 0.717) is 0 Å². The summed E-state index contributed by atoms with van der Waals surface area (Å²) in [5, 5.41) is 1.42. The maximum Gasteiger partial charge on any atom is 0.0456 e. The first-order valence-electron chi connectivity index (χ1n) is 11.2. The Morgan fingerprint density at radius 1 is 0.808 bits per heavy atom. The van der Waals surface area contributed by atoms with E-state index in [1.807, 2.05) is 0 Å². The molecule has 2 aliphatic rings. The Morgan fingerprint density at radius 2 is 1.42 bits per heavy atom. The zero-order valence-corrected chi connectivity index (χ0v) is 16.4. The van der Waals surface area contributed by atoms with Crippen LogP contribution in [0.4, 0.5) is 0 Å². The topological polar surface area (TPSA) is 19.0 Å². The molecular formula is C24H36N2. The summed E-state index contributed by atoms with van der Waals surface area (Å²) in [6.07, 6.45) is 18.1. The van der Waals surface area contributed by atoms with Crippen molar-refractivity contribution >= 4 is 10.9 Å². The molecule has 2 aromatic rings. The molecule has 2 fully saturated rings. The lowest BCUT2D eigenvalue weighted by molar-refractivity contribution is 0.161. The van der Waals surface area contributed by atoms with E-state index in [0.717, 1.165) is 11.8 Å². The molecule has 0 bridgehead atoms. The molecule has 0 saturated heterocycles. The number of hydrogen-bond donors (Lipinski definition) is 1. The number of benzene rings is 1. The van der Waals surface area contributed by atoms with Crippen LogP contribution in [0.15, 0.2) is 30.5 Å². The largest absolute Gasteiger partial charge is 0.361 e. The lowest BCUT2D eigenvalue weighted by Crippen LogP contribution is -2.36. The summed E-state index contributed by atoms with van der Waals surface area (Å²) in [7, 11) is 0. The third-order valence-electron chi connectivity index (χ3n) is 6.85. The Kier molecular flexibility index (Phi) is 6.32. The van der Waals surface area contributed by atoms with Gasteiger partial charge in [-0.05, 0) is 55.6 Å². The van der Waals surface area contributed by atoms with Crippen LogP contribution in [-0.4, -0.2) is 29.5 Å². The van der Waals surface area contributed by atoms with E-state index in [4.69, 9.17) is 0 Å². The lowest BCUT2D eigenvalue weighted by atomic mass is 9.86. The van der Waals surface area contributed by atoms with Gasteiger partial charge in [0, 0.05) is 36.7 Å². The maximum atomic E-state index is 3.46. The highest BCUT2D eigenvalue weighted by atomic mass is 15.1. The third kappa shape index (κ3) is 4.71. The number of rotatable bonds is 7. The molecule has 1 aromatic heterocycles. The summed E-state index contributed by atoms with van der Waals surface area (Å²) < 4.78 is 0. The van der Waals surface area contributed by atoms with Crippen LogP contribution in [-0.2, 0) is 6.42 Å². The summed E-state index contributed by atoms with van der Waals surface area (Å²) in [6, 6.07) is 8.76. The van der Waals surface area contributed by atoms with Gasteiger partial charge in [-0.25, -0.2) is 0 Å². The molecule has 0 radical (unpaired) electrons. The fourth-order valence-electron chi connectivity index (χ4n) is 5.34. The van der Waals surface area contributed by atoms with Gasteiger partial charge in [-0.15, -0.1) is 0 Å². The number of para-hydroxylation sites is 1. The van der Waals surface area contributed by atoms with Crippen molar-refractivity contribution in [3.05, 3.63) is 36.0 Å². The molecule has 1 heterocycles. The van der Waals surface area contributed by atoms with Crippen LogP contribution in [0.5, 0.6) is 0 Å². The number of nitrogens with one attached hydrogen (secondary N) is 1. The zero-order valence-electron chi connectivity index (χ0n) is 16.4. The summed E-state index contributed by atoms with van der Waals surface area (Å²) in [4.78, 5) is 6.30. The monoisotopic (exact) mass is 352 g/mol. The lowest BCUT2D eigenvalue weighted by Gasteiger charge is -2.33. The van der Waals surface area contributed by atoms with Crippen molar-refractivity contribution in [3.63, 3.8) is 0 Å². The fourth-order valence-corrected chi connectivity index (χ4v) is 5.34. The molecule has 0 unspecified atom stereocenters. The van der Waals surface area contributed by atoms with Crippen molar-refractivity contribution in [1.82, 2.24) is 9.88 Å². The van der Waals surface area contributed by atoms with Crippen molar-refractivity contribution in [2.75, 3.05) is 19.6 Å². The number of aromatic amines is 1. The third-order valence-corrected chi connectivity index (χ3v) is 6.85. The average molecular weight is 353 g/mol. The Balaban J connectivity index is 1.39. The number of aromatic nitrogens is 1. The zero-order chi connectivity index (χ0) is 17.6. The number of hydrogen-bond acceptors (Lipinski definition) is 1. The Bertz CT molecular complexity index is 642. The van der Waals surface area contributed by atoms with Gasteiger partial charge in [0.25, 0.3) is 0 Å². The molecule has 2 nitrogen and oxygen atoms in total. The smallest absolute Gasteiger partial charge is 0.0456 e. The molecular weight excluding hydrogens is 316 g/mol. The number of nitrogens with zero attached hydrogens (tertiary/aromatic N) is 1. The maximum absolute atomic E-state index is 3.46. The van der Waals surface area contributed by atoms with Crippen LogP contribution >= 0.6 is 0 Å². The van der Waals surface area contributed by atoms with Gasteiger partial charge < -0.3 is 9.88 Å². The van der Waals surface area contributed by atoms with E-state index in [9.17, 15) is 0 Å². The van der Waals surface area contributed by atoms with Crippen molar-refractivity contribution in [2.24, 2.45) is 11.8 Å². The molecule has 142 valence electrons. The van der Waals surface area contributed by atoms with Gasteiger partial charge in [0.1, 0.15) is 0 Å². The first kappa shape index (κ1) is 18.1. The standard InChI is InChI=1S/C24H36N2/c1-3-9-20(10-4-1)18-26(19-21-11-5-2-6-12-21)16-15-22-17-25-24-14-8-7-13-23(22)24/h7-8,13-14,17,20-21,25H,1-6,9-12,15-16,18-19H2. The van der Waals surface area contributed by atoms with Crippen LogP contribution in [0.3, 0.4) is 0 Å². The molecule has 4 rings (SSSR count). The highest BCUT2D eigenvalue weighted by Crippen LogP contribution is 2.28. The fraction of sp³-hybridized carbons (Fsp3) is 0.667. The molecule has 0 aliphatic heterocycles. The SMILES string of the molecule is c1ccc2c(CCN(CC3CCCCC3)CC3CCCCC3)c[nH]c2c1. The molecule has 0 amide bonds. The van der Waals surface area contributed by atoms with E-state index < -0.39 is 0 Å². The van der Waals surface area contributed by atoms with Gasteiger partial charge >= 0.3 is 0 Å². The van der Waals surface area contributed by atoms with Crippen LogP contribution < -0.4 is 0 Å². The van der Waals surface area contributed by atoms with Gasteiger partial charge in [-0.2, -0.15) is 0 Å². The highest BCUT2D eigenvalue weighted by Gasteiger charge is 2.21. The molecule has 26 heavy (non-hydrogen) atoms. The second-order valence-electron chi connectivity index (χ2n) is 8.88. The molecule has 2 saturated carbocycles. The second-order valence-corrected chi connectivity index (χ2v) is 8.88. The predicted molar refractivity (Wildman–Crippen MR) is 112 cm³/mol. The first-order valence-corrected chi connectivity index (χ1v) is 11.2. The summed E-state index contributed by atoms with van der Waals surface area (Å²) in [6.45, 7) is 3.92. The van der Waals surface area contributed by atoms with Crippen molar-refractivity contribution < 1.29 is 0 Å². The first-order chi connectivity index (χ1) is 12.9. The van der Waals surface area contributed by atoms with Crippen molar-refractivity contribution in [3.8, 4) is 0 Å². The number of H-pyrrole nitrogens is 1. The molecule has 1 aromatic carbocycles. The van der Waals surface area contributed by atoms with Crippen molar-refractivity contribution in [2.45, 2.75) is 70.6 Å². The predicted octanol–water partition coefficient (Wildman–Crippen LogP) is 6.17. The normalized spacial score (nSPS) is 20.2. The van der Waals surface area contributed by atoms with E-state index in [2.05, 4.69) is 40.3 Å². The Morgan fingerprint density at radius 3 is 2.08 bits per heavy atom. The molecule has 2 heteroatoms. The van der Waals surface area contributed by atoms with E-state index in [-0.39, 0.29) is 0 Å². The second kappa shape index (κ2) is 9.08. The van der Waals surface area contributed by atoms with Crippen LogP contribution in [0, 0.1) is 11.8 Å². The molecule has 2 aliphatic carbocycles. The minimum Gasteiger partial charge on any atom is -0.361 e. The van der Waals surface area contributed by atoms with Gasteiger partial charge in [0.05, 0.1) is 0 Å². The van der Waals surface area contributed by atoms with Crippen molar-refractivity contribution in [1.29, 1.82) is 0 Å². The molecule has 1 N–H and O–H groups in total. The van der Waals surface area contributed by atoms with Gasteiger partial charge in [0.2, 0.25) is 0 Å². The average Bonchev–Trinajstić information content (AvgIpc) is 3.11. The quantitative estimate of drug-likeness (QED) is 0.631. The van der Waals surface area contributed by atoms with Gasteiger partial charge in [-0.3, -0.25) is 0 Å². The molecule has 0 spiro atoms. The van der Waals surface area contributed by atoms with E-state index >= 15 is 0 Å². The van der Waals surface area contributed by atoms with E-state index in [1.165, 1.54) is 107 Å². The Hall–Kier alpha value is -1.28. The van der Waals surface area contributed by atoms with Crippen LogP contribution in [0.2, 0.25) is 0 Å². The van der Waals surface area contributed by atoms with Crippen LogP contribution in [0.1, 0.15) is 69.8 Å².